The number of nitrogens with one attached hydrogen (secondary N) is 1. The molecule has 38 heavy (non-hydrogen) atoms. The summed E-state index contributed by atoms with van der Waals surface area (Å²) < 4.78 is 49.2. The number of benzene rings is 3. The second-order valence-electron chi connectivity index (χ2n) is 9.27. The number of hydrogen-bond acceptors (Lipinski definition) is 7. The molecular formula is C27H21F2N5O4. The SMILES string of the molecule is O[C@@H]1CO[C@H]2[C@@H]1OC[C@H]2Oc1nc2c(F)c(-c3ccc(-c4ccc(-n5cncn5)cc4)cc3)c(F)cc2[nH]1. The standard InChI is InChI=1S/C27H21F2N5O4/c28-18-9-19-24(33-27(32-19)38-21-11-37-25-20(35)10-36-26(21)25)23(29)22(18)16-3-1-14(2-4-16)15-5-7-17(8-6-15)34-13-30-12-31-34/h1-9,12-13,20-21,25-26,35H,10-11H2,(H,32,33)/t20-,21-,25-,26-/m1/s1. The van der Waals surface area contributed by atoms with E-state index in [2.05, 4.69) is 20.1 Å². The molecule has 2 aliphatic rings. The van der Waals surface area contributed by atoms with Crippen molar-refractivity contribution in [1.82, 2.24) is 24.7 Å². The maximum Gasteiger partial charge on any atom is 0.295 e. The Balaban J connectivity index is 1.14. The third-order valence-corrected chi connectivity index (χ3v) is 6.95. The first kappa shape index (κ1) is 23.0. The van der Waals surface area contributed by atoms with Crippen molar-refractivity contribution in [2.75, 3.05) is 13.2 Å². The van der Waals surface area contributed by atoms with Gasteiger partial charge >= 0.3 is 0 Å². The molecule has 0 aliphatic carbocycles. The Hall–Kier alpha value is -4.19. The number of rotatable bonds is 5. The van der Waals surface area contributed by atoms with Crippen LogP contribution in [0.4, 0.5) is 8.78 Å². The molecule has 2 aromatic heterocycles. The van der Waals surface area contributed by atoms with Crippen LogP contribution in [0.3, 0.4) is 0 Å². The van der Waals surface area contributed by atoms with Gasteiger partial charge in [-0.1, -0.05) is 36.4 Å². The first-order valence-corrected chi connectivity index (χ1v) is 12.1. The number of nitrogens with zero attached hydrogens (tertiary/aromatic N) is 4. The summed E-state index contributed by atoms with van der Waals surface area (Å²) in [6, 6.07) is 15.9. The van der Waals surface area contributed by atoms with E-state index in [1.807, 2.05) is 36.4 Å². The van der Waals surface area contributed by atoms with Gasteiger partial charge in [0.1, 0.15) is 42.3 Å². The van der Waals surface area contributed by atoms with Crippen LogP contribution in [0.1, 0.15) is 0 Å². The fraction of sp³-hybridized carbons (Fsp3) is 0.222. The highest BCUT2D eigenvalue weighted by atomic mass is 19.1. The van der Waals surface area contributed by atoms with Gasteiger partial charge in [0, 0.05) is 6.07 Å². The smallest absolute Gasteiger partial charge is 0.295 e. The van der Waals surface area contributed by atoms with Gasteiger partial charge in [-0.25, -0.2) is 18.4 Å². The van der Waals surface area contributed by atoms with E-state index in [1.165, 1.54) is 12.4 Å². The van der Waals surface area contributed by atoms with Gasteiger partial charge in [0.2, 0.25) is 0 Å². The Morgan fingerprint density at radius 3 is 2.39 bits per heavy atom. The lowest BCUT2D eigenvalue weighted by atomic mass is 9.99. The molecule has 0 radical (unpaired) electrons. The van der Waals surface area contributed by atoms with Crippen LogP contribution < -0.4 is 4.74 Å². The molecule has 11 heteroatoms. The van der Waals surface area contributed by atoms with Crippen LogP contribution >= 0.6 is 0 Å². The summed E-state index contributed by atoms with van der Waals surface area (Å²) in [6.07, 6.45) is 0.917. The number of H-pyrrole nitrogens is 1. The van der Waals surface area contributed by atoms with E-state index in [0.717, 1.165) is 16.8 Å². The van der Waals surface area contributed by atoms with Gasteiger partial charge in [-0.15, -0.1) is 0 Å². The monoisotopic (exact) mass is 517 g/mol. The van der Waals surface area contributed by atoms with Crippen molar-refractivity contribution in [1.29, 1.82) is 0 Å². The molecule has 4 heterocycles. The highest BCUT2D eigenvalue weighted by molar-refractivity contribution is 5.84. The molecule has 5 aromatic rings. The van der Waals surface area contributed by atoms with Gasteiger partial charge in [0.05, 0.1) is 30.0 Å². The minimum atomic E-state index is -0.788. The molecular weight excluding hydrogens is 496 g/mol. The van der Waals surface area contributed by atoms with Crippen molar-refractivity contribution in [3.8, 4) is 34.0 Å². The van der Waals surface area contributed by atoms with Crippen LogP contribution in [-0.2, 0) is 9.47 Å². The van der Waals surface area contributed by atoms with Gasteiger partial charge in [0.25, 0.3) is 6.01 Å². The lowest BCUT2D eigenvalue weighted by Crippen LogP contribution is -2.34. The zero-order chi connectivity index (χ0) is 25.8. The van der Waals surface area contributed by atoms with E-state index in [0.29, 0.717) is 5.56 Å². The maximum absolute atomic E-state index is 15.5. The topological polar surface area (TPSA) is 107 Å². The molecule has 0 saturated carbocycles. The summed E-state index contributed by atoms with van der Waals surface area (Å²) in [6.45, 7) is 0.354. The summed E-state index contributed by atoms with van der Waals surface area (Å²) in [5.41, 5.74) is 3.07. The molecule has 0 bridgehead atoms. The van der Waals surface area contributed by atoms with Crippen LogP contribution in [0.15, 0.2) is 67.3 Å². The van der Waals surface area contributed by atoms with Gasteiger partial charge in [-0.2, -0.15) is 10.1 Å². The normalized spacial score (nSPS) is 22.7. The minimum Gasteiger partial charge on any atom is -0.456 e. The molecule has 0 unspecified atom stereocenters. The number of aliphatic hydroxyl groups excluding tert-OH is 1. The molecule has 3 aromatic carbocycles. The highest BCUT2D eigenvalue weighted by Crippen LogP contribution is 2.35. The van der Waals surface area contributed by atoms with Crippen LogP contribution in [0.25, 0.3) is 39.0 Å². The average Bonchev–Trinajstić information content (AvgIpc) is 3.73. The third kappa shape index (κ3) is 3.83. The fourth-order valence-corrected chi connectivity index (χ4v) is 5.04. The second-order valence-corrected chi connectivity index (χ2v) is 9.27. The summed E-state index contributed by atoms with van der Waals surface area (Å²) >= 11 is 0. The van der Waals surface area contributed by atoms with Crippen molar-refractivity contribution < 1.29 is 28.1 Å². The van der Waals surface area contributed by atoms with Crippen molar-refractivity contribution in [2.24, 2.45) is 0 Å². The second kappa shape index (κ2) is 8.98. The lowest BCUT2D eigenvalue weighted by Gasteiger charge is -2.15. The first-order chi connectivity index (χ1) is 18.5. The average molecular weight is 517 g/mol. The van der Waals surface area contributed by atoms with Crippen LogP contribution in [0, 0.1) is 11.6 Å². The quantitative estimate of drug-likeness (QED) is 0.366. The van der Waals surface area contributed by atoms with Crippen molar-refractivity contribution >= 4 is 11.0 Å². The first-order valence-electron chi connectivity index (χ1n) is 12.1. The predicted octanol–water partition coefficient (Wildman–Crippen LogP) is 3.66. The Labute approximate surface area is 214 Å². The Morgan fingerprint density at radius 2 is 1.66 bits per heavy atom. The van der Waals surface area contributed by atoms with Crippen LogP contribution in [-0.4, -0.2) is 67.5 Å². The minimum absolute atomic E-state index is 0.0272. The molecule has 2 aliphatic heterocycles. The third-order valence-electron chi connectivity index (χ3n) is 6.95. The lowest BCUT2D eigenvalue weighted by molar-refractivity contribution is 0.00706. The van der Waals surface area contributed by atoms with E-state index in [9.17, 15) is 5.11 Å². The van der Waals surface area contributed by atoms with E-state index in [1.54, 1.807) is 23.1 Å². The van der Waals surface area contributed by atoms with Crippen LogP contribution in [0.2, 0.25) is 0 Å². The molecule has 2 saturated heterocycles. The summed E-state index contributed by atoms with van der Waals surface area (Å²) in [5.74, 6) is -1.51. The predicted molar refractivity (Wildman–Crippen MR) is 132 cm³/mol. The molecule has 0 amide bonds. The number of imidazole rings is 1. The molecule has 7 rings (SSSR count). The van der Waals surface area contributed by atoms with Crippen molar-refractivity contribution in [3.63, 3.8) is 0 Å². The number of aromatic amines is 1. The maximum atomic E-state index is 15.5. The molecule has 0 spiro atoms. The van der Waals surface area contributed by atoms with Gasteiger partial charge in [0.15, 0.2) is 11.9 Å². The Bertz CT molecular complexity index is 1610. The molecule has 2 fully saturated rings. The number of hydrogen-bond donors (Lipinski definition) is 2. The highest BCUT2D eigenvalue weighted by Gasteiger charge is 2.48. The summed E-state index contributed by atoms with van der Waals surface area (Å²) in [7, 11) is 0. The van der Waals surface area contributed by atoms with Gasteiger partial charge in [-0.05, 0) is 28.8 Å². The zero-order valence-electron chi connectivity index (χ0n) is 19.8. The largest absolute Gasteiger partial charge is 0.456 e. The molecule has 9 nitrogen and oxygen atoms in total. The number of aromatic nitrogens is 5. The Kier molecular flexibility index (Phi) is 5.43. The van der Waals surface area contributed by atoms with E-state index < -0.39 is 36.1 Å². The molecule has 2 N–H and O–H groups in total. The number of fused-ring (bicyclic) bond motifs is 2. The molecule has 192 valence electrons. The van der Waals surface area contributed by atoms with E-state index in [-0.39, 0.29) is 35.8 Å². The number of halogens is 2. The van der Waals surface area contributed by atoms with E-state index in [4.69, 9.17) is 14.2 Å². The summed E-state index contributed by atoms with van der Waals surface area (Å²) in [5, 5.41) is 14.0. The zero-order valence-corrected chi connectivity index (χ0v) is 19.8. The van der Waals surface area contributed by atoms with Crippen LogP contribution in [0.5, 0.6) is 6.01 Å². The van der Waals surface area contributed by atoms with Crippen molar-refractivity contribution in [2.45, 2.75) is 24.4 Å². The van der Waals surface area contributed by atoms with Crippen molar-refractivity contribution in [3.05, 3.63) is 78.9 Å². The molecule has 4 atom stereocenters. The van der Waals surface area contributed by atoms with Gasteiger partial charge in [-0.3, -0.25) is 0 Å². The number of aliphatic hydroxyl groups is 1. The fourth-order valence-electron chi connectivity index (χ4n) is 5.04. The van der Waals surface area contributed by atoms with E-state index >= 15 is 8.78 Å². The number of ether oxygens (including phenoxy) is 3. The van der Waals surface area contributed by atoms with Gasteiger partial charge < -0.3 is 24.3 Å². The summed E-state index contributed by atoms with van der Waals surface area (Å²) in [4.78, 5) is 11.0. The Morgan fingerprint density at radius 1 is 0.947 bits per heavy atom.